The van der Waals surface area contributed by atoms with Gasteiger partial charge in [0.2, 0.25) is 11.1 Å². The van der Waals surface area contributed by atoms with Gasteiger partial charge in [-0.05, 0) is 36.5 Å². The summed E-state index contributed by atoms with van der Waals surface area (Å²) in [4.78, 5) is 17.6. The molecular weight excluding hydrogens is 380 g/mol. The van der Waals surface area contributed by atoms with Crippen LogP contribution < -0.4 is 5.32 Å². The Morgan fingerprint density at radius 1 is 1.10 bits per heavy atom. The average molecular weight is 403 g/mol. The number of fused-ring (bicyclic) bond motifs is 1. The van der Waals surface area contributed by atoms with E-state index >= 15 is 0 Å². The zero-order valence-electron chi connectivity index (χ0n) is 16.3. The standard InChI is InChI=1S/C23H22N4OS/c1-15-8-5-6-11-17(15)21-20-18(12-7-13-19(20)28)24-22-25-23(26-27(21)22)29-14-16-9-3-2-4-10-16/h2-6,8-11,21H,7,12-14H2,1H3,(H,24,25,26). The van der Waals surface area contributed by atoms with Crippen LogP contribution in [0.2, 0.25) is 0 Å². The predicted molar refractivity (Wildman–Crippen MR) is 115 cm³/mol. The van der Waals surface area contributed by atoms with Gasteiger partial charge in [0.05, 0.1) is 0 Å². The highest BCUT2D eigenvalue weighted by Crippen LogP contribution is 2.41. The van der Waals surface area contributed by atoms with Crippen LogP contribution in [0.25, 0.3) is 0 Å². The fourth-order valence-corrected chi connectivity index (χ4v) is 4.89. The fraction of sp³-hybridized carbons (Fsp3) is 0.261. The van der Waals surface area contributed by atoms with Crippen LogP contribution in [0, 0.1) is 6.92 Å². The third-order valence-corrected chi connectivity index (χ3v) is 6.45. The van der Waals surface area contributed by atoms with Crippen molar-refractivity contribution in [3.63, 3.8) is 0 Å². The molecule has 0 saturated heterocycles. The molecule has 6 heteroatoms. The summed E-state index contributed by atoms with van der Waals surface area (Å²) in [5, 5.41) is 8.94. The lowest BCUT2D eigenvalue weighted by molar-refractivity contribution is -0.116. The van der Waals surface area contributed by atoms with Crippen LogP contribution >= 0.6 is 11.8 Å². The smallest absolute Gasteiger partial charge is 0.227 e. The number of Topliss-reactive ketones (excluding diaryl/α,β-unsaturated/α-hetero) is 1. The number of thioether (sulfide) groups is 1. The summed E-state index contributed by atoms with van der Waals surface area (Å²) >= 11 is 1.62. The summed E-state index contributed by atoms with van der Waals surface area (Å²) in [6.07, 6.45) is 2.36. The van der Waals surface area contributed by atoms with Crippen molar-refractivity contribution in [1.82, 2.24) is 14.8 Å². The summed E-state index contributed by atoms with van der Waals surface area (Å²) in [7, 11) is 0. The average Bonchev–Trinajstić information content (AvgIpc) is 3.15. The van der Waals surface area contributed by atoms with Crippen LogP contribution in [0.15, 0.2) is 71.0 Å². The number of nitrogens with zero attached hydrogens (tertiary/aromatic N) is 3. The zero-order chi connectivity index (χ0) is 19.8. The summed E-state index contributed by atoms with van der Waals surface area (Å²) in [6, 6.07) is 18.3. The van der Waals surface area contributed by atoms with E-state index < -0.39 is 0 Å². The quantitative estimate of drug-likeness (QED) is 0.629. The molecule has 3 aromatic rings. The fourth-order valence-electron chi connectivity index (χ4n) is 4.10. The minimum absolute atomic E-state index is 0.214. The molecule has 5 rings (SSSR count). The lowest BCUT2D eigenvalue weighted by atomic mass is 9.84. The minimum atomic E-state index is -0.214. The number of anilines is 1. The van der Waals surface area contributed by atoms with Crippen molar-refractivity contribution in [3.8, 4) is 0 Å². The van der Waals surface area contributed by atoms with E-state index in [1.807, 2.05) is 35.0 Å². The van der Waals surface area contributed by atoms with Gasteiger partial charge >= 0.3 is 0 Å². The topological polar surface area (TPSA) is 59.8 Å². The minimum Gasteiger partial charge on any atom is -0.328 e. The van der Waals surface area contributed by atoms with E-state index in [1.54, 1.807) is 11.8 Å². The van der Waals surface area contributed by atoms with E-state index in [4.69, 9.17) is 10.1 Å². The molecule has 0 fully saturated rings. The van der Waals surface area contributed by atoms with E-state index in [1.165, 1.54) is 5.56 Å². The molecule has 5 nitrogen and oxygen atoms in total. The van der Waals surface area contributed by atoms with Gasteiger partial charge in [-0.15, -0.1) is 5.10 Å². The largest absolute Gasteiger partial charge is 0.328 e. The molecule has 2 aromatic carbocycles. The molecule has 1 aromatic heterocycles. The SMILES string of the molecule is Cc1ccccc1C1C2=C(CCCC2=O)Nc2nc(SCc3ccccc3)nn21. The Morgan fingerprint density at radius 3 is 2.72 bits per heavy atom. The van der Waals surface area contributed by atoms with Gasteiger partial charge in [-0.25, -0.2) is 4.68 Å². The number of carbonyl (C=O) groups excluding carboxylic acids is 1. The van der Waals surface area contributed by atoms with Crippen LogP contribution in [0.5, 0.6) is 0 Å². The number of aromatic nitrogens is 3. The van der Waals surface area contributed by atoms with Crippen molar-refractivity contribution in [3.05, 3.63) is 82.6 Å². The Labute approximate surface area is 174 Å². The van der Waals surface area contributed by atoms with Gasteiger partial charge in [0.25, 0.3) is 0 Å². The van der Waals surface area contributed by atoms with E-state index in [-0.39, 0.29) is 11.8 Å². The summed E-state index contributed by atoms with van der Waals surface area (Å²) in [6.45, 7) is 2.09. The first-order valence-electron chi connectivity index (χ1n) is 9.93. The van der Waals surface area contributed by atoms with Crippen molar-refractivity contribution in [1.29, 1.82) is 0 Å². The number of allylic oxidation sites excluding steroid dienone is 2. The normalized spacial score (nSPS) is 18.2. The van der Waals surface area contributed by atoms with Gasteiger partial charge in [0.1, 0.15) is 6.04 Å². The first-order chi connectivity index (χ1) is 14.2. The first-order valence-corrected chi connectivity index (χ1v) is 10.9. The molecule has 1 unspecified atom stereocenters. The molecule has 146 valence electrons. The van der Waals surface area contributed by atoms with Gasteiger partial charge in [-0.1, -0.05) is 66.4 Å². The van der Waals surface area contributed by atoms with E-state index in [2.05, 4.69) is 36.5 Å². The van der Waals surface area contributed by atoms with Crippen LogP contribution in [0.1, 0.15) is 42.0 Å². The van der Waals surface area contributed by atoms with Gasteiger partial charge in [0.15, 0.2) is 5.78 Å². The summed E-state index contributed by atoms with van der Waals surface area (Å²) in [5.74, 6) is 1.75. The van der Waals surface area contributed by atoms with Crippen molar-refractivity contribution in [2.75, 3.05) is 5.32 Å². The number of nitrogens with one attached hydrogen (secondary N) is 1. The first kappa shape index (κ1) is 18.2. The van der Waals surface area contributed by atoms with Crippen molar-refractivity contribution in [2.45, 2.75) is 43.1 Å². The zero-order valence-corrected chi connectivity index (χ0v) is 17.1. The number of carbonyl (C=O) groups is 1. The molecular formula is C23H22N4OS. The maximum atomic E-state index is 12.9. The number of benzene rings is 2. The Bertz CT molecular complexity index is 1100. The van der Waals surface area contributed by atoms with E-state index in [0.717, 1.165) is 52.1 Å². The third-order valence-electron chi connectivity index (χ3n) is 5.54. The molecule has 0 radical (unpaired) electrons. The third kappa shape index (κ3) is 3.38. The second kappa shape index (κ2) is 7.52. The molecule has 1 atom stereocenters. The number of hydrogen-bond acceptors (Lipinski definition) is 5. The van der Waals surface area contributed by atoms with E-state index in [9.17, 15) is 4.79 Å². The van der Waals surface area contributed by atoms with Crippen LogP contribution in [-0.2, 0) is 10.5 Å². The molecule has 2 aliphatic rings. The molecule has 0 bridgehead atoms. The Kier molecular flexibility index (Phi) is 4.72. The number of aryl methyl sites for hydroxylation is 1. The highest BCUT2D eigenvalue weighted by Gasteiger charge is 2.37. The lowest BCUT2D eigenvalue weighted by Gasteiger charge is -2.32. The number of hydrogen-bond donors (Lipinski definition) is 1. The lowest BCUT2D eigenvalue weighted by Crippen LogP contribution is -2.31. The second-order valence-electron chi connectivity index (χ2n) is 7.49. The van der Waals surface area contributed by atoms with Crippen LogP contribution in [0.3, 0.4) is 0 Å². The summed E-state index contributed by atoms with van der Waals surface area (Å²) < 4.78 is 1.90. The predicted octanol–water partition coefficient (Wildman–Crippen LogP) is 4.90. The van der Waals surface area contributed by atoms with E-state index in [0.29, 0.717) is 6.42 Å². The summed E-state index contributed by atoms with van der Waals surface area (Å²) in [5.41, 5.74) is 5.37. The van der Waals surface area contributed by atoms with Crippen molar-refractivity contribution in [2.24, 2.45) is 0 Å². The van der Waals surface area contributed by atoms with Gasteiger partial charge in [-0.2, -0.15) is 4.98 Å². The molecule has 1 N–H and O–H groups in total. The monoisotopic (exact) mass is 402 g/mol. The molecule has 29 heavy (non-hydrogen) atoms. The maximum absolute atomic E-state index is 12.9. The molecule has 2 heterocycles. The highest BCUT2D eigenvalue weighted by molar-refractivity contribution is 7.98. The van der Waals surface area contributed by atoms with Crippen LogP contribution in [-0.4, -0.2) is 20.5 Å². The molecule has 0 saturated carbocycles. The molecule has 0 amide bonds. The van der Waals surface area contributed by atoms with Crippen LogP contribution in [0.4, 0.5) is 5.95 Å². The van der Waals surface area contributed by atoms with Crippen molar-refractivity contribution < 1.29 is 4.79 Å². The maximum Gasteiger partial charge on any atom is 0.227 e. The molecule has 1 aliphatic carbocycles. The highest BCUT2D eigenvalue weighted by atomic mass is 32.2. The van der Waals surface area contributed by atoms with Gasteiger partial charge < -0.3 is 5.32 Å². The molecule has 0 spiro atoms. The van der Waals surface area contributed by atoms with Gasteiger partial charge in [0, 0.05) is 23.4 Å². The Balaban J connectivity index is 1.54. The van der Waals surface area contributed by atoms with Gasteiger partial charge in [-0.3, -0.25) is 4.79 Å². The molecule has 1 aliphatic heterocycles. The Morgan fingerprint density at radius 2 is 1.90 bits per heavy atom. The van der Waals surface area contributed by atoms with Crippen molar-refractivity contribution >= 4 is 23.5 Å². The Hall–Kier alpha value is -2.86. The number of ketones is 1. The number of rotatable bonds is 4. The second-order valence-corrected chi connectivity index (χ2v) is 8.43.